The van der Waals surface area contributed by atoms with Gasteiger partial charge in [0.15, 0.2) is 0 Å². The largest absolute Gasteiger partial charge is 0.389 e. The molecule has 2 aliphatic rings. The molecule has 2 aromatic heterocycles. The standard InChI is InChI=1S/C26H27FN4O2/c1-2-25-15-17-16-30-31(20-7-5-19(27)6-8-20)23(17)14-18(25)9-11-26(25,33)12-10-22-21(24(28)32)4-3-13-29-22/h3-8,13-14,16,33H,2,9-12,15H2,1H3,(H2,28,32)/t25?,26-/m1/s1. The van der Waals surface area contributed by atoms with Crippen molar-refractivity contribution in [1.82, 2.24) is 14.8 Å². The second-order valence-electron chi connectivity index (χ2n) is 9.12. The number of pyridine rings is 1. The van der Waals surface area contributed by atoms with Gasteiger partial charge in [-0.2, -0.15) is 5.10 Å². The number of halogens is 1. The van der Waals surface area contributed by atoms with E-state index in [1.807, 2.05) is 10.9 Å². The third-order valence-corrected chi connectivity index (χ3v) is 7.61. The molecule has 2 aliphatic carbocycles. The molecule has 0 radical (unpaired) electrons. The van der Waals surface area contributed by atoms with Crippen molar-refractivity contribution in [2.75, 3.05) is 0 Å². The Kier molecular flexibility index (Phi) is 5.16. The minimum Gasteiger partial charge on any atom is -0.389 e. The smallest absolute Gasteiger partial charge is 0.250 e. The first-order chi connectivity index (χ1) is 15.9. The zero-order chi connectivity index (χ0) is 23.2. The number of aromatic nitrogens is 3. The number of primary amides is 1. The number of aliphatic hydroxyl groups is 1. The zero-order valence-corrected chi connectivity index (χ0v) is 18.6. The van der Waals surface area contributed by atoms with E-state index in [0.29, 0.717) is 36.9 Å². The summed E-state index contributed by atoms with van der Waals surface area (Å²) in [6.45, 7) is 2.12. The third kappa shape index (κ3) is 3.38. The quantitative estimate of drug-likeness (QED) is 0.598. The Labute approximate surface area is 192 Å². The average molecular weight is 447 g/mol. The Morgan fingerprint density at radius 3 is 2.79 bits per heavy atom. The lowest BCUT2D eigenvalue weighted by Gasteiger charge is -2.45. The minimum absolute atomic E-state index is 0.281. The molecule has 0 saturated heterocycles. The van der Waals surface area contributed by atoms with Crippen LogP contribution in [0.15, 0.2) is 54.4 Å². The van der Waals surface area contributed by atoms with E-state index in [4.69, 9.17) is 5.73 Å². The fourth-order valence-corrected chi connectivity index (χ4v) is 5.80. The van der Waals surface area contributed by atoms with Crippen LogP contribution in [0.25, 0.3) is 11.8 Å². The minimum atomic E-state index is -0.921. The molecular formula is C26H27FN4O2. The maximum Gasteiger partial charge on any atom is 0.250 e. The number of hydrogen-bond donors (Lipinski definition) is 2. The van der Waals surface area contributed by atoms with E-state index >= 15 is 0 Å². The summed E-state index contributed by atoms with van der Waals surface area (Å²) in [4.78, 5) is 16.2. The summed E-state index contributed by atoms with van der Waals surface area (Å²) in [5, 5.41) is 16.5. The van der Waals surface area contributed by atoms with Crippen molar-refractivity contribution >= 4 is 12.0 Å². The number of rotatable bonds is 6. The number of carbonyl (C=O) groups excluding carboxylic acids is 1. The predicted octanol–water partition coefficient (Wildman–Crippen LogP) is 4.00. The van der Waals surface area contributed by atoms with Gasteiger partial charge in [0, 0.05) is 11.6 Å². The SMILES string of the molecule is CCC12Cc3cnn(-c4ccc(F)cc4)c3C=C1CC[C@@]2(O)CCc1ncccc1C(N)=O. The Morgan fingerprint density at radius 2 is 2.06 bits per heavy atom. The molecule has 3 aromatic rings. The molecule has 0 spiro atoms. The van der Waals surface area contributed by atoms with E-state index in [2.05, 4.69) is 23.1 Å². The van der Waals surface area contributed by atoms with Gasteiger partial charge in [-0.25, -0.2) is 9.07 Å². The molecule has 7 heteroatoms. The molecule has 0 aliphatic heterocycles. The fraction of sp³-hybridized carbons (Fsp3) is 0.346. The van der Waals surface area contributed by atoms with Gasteiger partial charge in [0.05, 0.1) is 34.4 Å². The molecule has 1 amide bonds. The number of hydrogen-bond acceptors (Lipinski definition) is 4. The highest BCUT2D eigenvalue weighted by molar-refractivity contribution is 5.93. The molecule has 33 heavy (non-hydrogen) atoms. The van der Waals surface area contributed by atoms with Gasteiger partial charge in [-0.15, -0.1) is 0 Å². The van der Waals surface area contributed by atoms with Crippen LogP contribution in [-0.2, 0) is 12.8 Å². The molecule has 0 bridgehead atoms. The van der Waals surface area contributed by atoms with Crippen LogP contribution in [0.4, 0.5) is 4.39 Å². The van der Waals surface area contributed by atoms with Gasteiger partial charge in [-0.3, -0.25) is 9.78 Å². The van der Waals surface area contributed by atoms with E-state index in [1.165, 1.54) is 17.7 Å². The van der Waals surface area contributed by atoms with Crippen LogP contribution in [-0.4, -0.2) is 31.4 Å². The van der Waals surface area contributed by atoms with Gasteiger partial charge >= 0.3 is 0 Å². The second kappa shape index (κ2) is 7.92. The molecule has 170 valence electrons. The molecule has 1 unspecified atom stereocenters. The van der Waals surface area contributed by atoms with Crippen molar-refractivity contribution in [2.45, 2.75) is 51.0 Å². The Morgan fingerprint density at radius 1 is 1.27 bits per heavy atom. The molecule has 2 heterocycles. The molecule has 3 N–H and O–H groups in total. The first-order valence-electron chi connectivity index (χ1n) is 11.4. The van der Waals surface area contributed by atoms with Gasteiger partial charge in [0.1, 0.15) is 5.82 Å². The van der Waals surface area contributed by atoms with E-state index in [-0.39, 0.29) is 5.82 Å². The number of amides is 1. The van der Waals surface area contributed by atoms with Crippen LogP contribution in [0, 0.1) is 11.2 Å². The highest BCUT2D eigenvalue weighted by Crippen LogP contribution is 2.58. The Hall–Kier alpha value is -3.32. The second-order valence-corrected chi connectivity index (χ2v) is 9.12. The van der Waals surface area contributed by atoms with Crippen molar-refractivity contribution in [2.24, 2.45) is 11.1 Å². The first kappa shape index (κ1) is 21.5. The van der Waals surface area contributed by atoms with Crippen molar-refractivity contribution in [3.05, 3.63) is 82.7 Å². The normalized spacial score (nSPS) is 23.7. The summed E-state index contributed by atoms with van der Waals surface area (Å²) >= 11 is 0. The maximum absolute atomic E-state index is 13.4. The molecule has 5 rings (SSSR count). The van der Waals surface area contributed by atoms with Crippen LogP contribution in [0.2, 0.25) is 0 Å². The van der Waals surface area contributed by atoms with E-state index < -0.39 is 16.9 Å². The van der Waals surface area contributed by atoms with Crippen LogP contribution in [0.1, 0.15) is 59.9 Å². The number of carbonyl (C=O) groups is 1. The number of benzene rings is 1. The molecular weight excluding hydrogens is 419 g/mol. The predicted molar refractivity (Wildman–Crippen MR) is 123 cm³/mol. The molecule has 2 atom stereocenters. The molecule has 1 aromatic carbocycles. The summed E-state index contributed by atoms with van der Waals surface area (Å²) in [6.07, 6.45) is 9.57. The Balaban J connectivity index is 1.47. The topological polar surface area (TPSA) is 94.0 Å². The third-order valence-electron chi connectivity index (χ3n) is 7.61. The molecule has 1 fully saturated rings. The highest BCUT2D eigenvalue weighted by Gasteiger charge is 2.56. The van der Waals surface area contributed by atoms with E-state index in [1.54, 1.807) is 30.5 Å². The van der Waals surface area contributed by atoms with Crippen LogP contribution < -0.4 is 5.73 Å². The van der Waals surface area contributed by atoms with E-state index in [9.17, 15) is 14.3 Å². The number of nitrogens with two attached hydrogens (primary N) is 1. The lowest BCUT2D eigenvalue weighted by molar-refractivity contribution is -0.0570. The fourth-order valence-electron chi connectivity index (χ4n) is 5.80. The molecule has 6 nitrogen and oxygen atoms in total. The van der Waals surface area contributed by atoms with Crippen LogP contribution in [0.3, 0.4) is 0 Å². The van der Waals surface area contributed by atoms with Gasteiger partial charge in [-0.05, 0) is 86.6 Å². The van der Waals surface area contributed by atoms with Crippen molar-refractivity contribution < 1.29 is 14.3 Å². The lowest BCUT2D eigenvalue weighted by Crippen LogP contribution is -2.47. The Bertz CT molecular complexity index is 1250. The van der Waals surface area contributed by atoms with Gasteiger partial charge in [0.2, 0.25) is 0 Å². The average Bonchev–Trinajstić information content (AvgIpc) is 3.35. The van der Waals surface area contributed by atoms with Crippen LogP contribution in [0.5, 0.6) is 0 Å². The number of nitrogens with zero attached hydrogens (tertiary/aromatic N) is 3. The lowest BCUT2D eigenvalue weighted by atomic mass is 9.63. The van der Waals surface area contributed by atoms with Gasteiger partial charge in [0.25, 0.3) is 5.91 Å². The number of aryl methyl sites for hydroxylation is 1. The van der Waals surface area contributed by atoms with Crippen molar-refractivity contribution in [3.63, 3.8) is 0 Å². The summed E-state index contributed by atoms with van der Waals surface area (Å²) < 4.78 is 15.2. The monoisotopic (exact) mass is 446 g/mol. The molecule has 1 saturated carbocycles. The maximum atomic E-state index is 13.4. The van der Waals surface area contributed by atoms with Gasteiger partial charge < -0.3 is 10.8 Å². The highest BCUT2D eigenvalue weighted by atomic mass is 19.1. The number of fused-ring (bicyclic) bond motifs is 2. The van der Waals surface area contributed by atoms with Crippen molar-refractivity contribution in [3.8, 4) is 5.69 Å². The summed E-state index contributed by atoms with van der Waals surface area (Å²) in [5.41, 5.74) is 9.34. The summed E-state index contributed by atoms with van der Waals surface area (Å²) in [5.74, 6) is -0.783. The zero-order valence-electron chi connectivity index (χ0n) is 18.6. The van der Waals surface area contributed by atoms with Gasteiger partial charge in [-0.1, -0.05) is 12.5 Å². The first-order valence-corrected chi connectivity index (χ1v) is 11.4. The van der Waals surface area contributed by atoms with Crippen LogP contribution >= 0.6 is 0 Å². The van der Waals surface area contributed by atoms with Crippen molar-refractivity contribution in [1.29, 1.82) is 0 Å². The summed E-state index contributed by atoms with van der Waals surface area (Å²) in [7, 11) is 0. The summed E-state index contributed by atoms with van der Waals surface area (Å²) in [6, 6.07) is 9.68. The van der Waals surface area contributed by atoms with E-state index in [0.717, 1.165) is 29.8 Å².